The zero-order valence-electron chi connectivity index (χ0n) is 17.6. The predicted octanol–water partition coefficient (Wildman–Crippen LogP) is 6.48. The average molecular weight is 390 g/mol. The normalized spacial score (nSPS) is 18.8. The van der Waals surface area contributed by atoms with Crippen molar-refractivity contribution in [3.05, 3.63) is 64.7 Å². The lowest BCUT2D eigenvalue weighted by Crippen LogP contribution is -2.25. The molecule has 0 radical (unpaired) electrons. The first kappa shape index (κ1) is 21.1. The second-order valence-corrected chi connectivity index (χ2v) is 8.28. The summed E-state index contributed by atoms with van der Waals surface area (Å²) in [7, 11) is 0. The highest BCUT2D eigenvalue weighted by Gasteiger charge is 2.29. The van der Waals surface area contributed by atoms with Crippen LogP contribution in [0.3, 0.4) is 0 Å². The van der Waals surface area contributed by atoms with Gasteiger partial charge in [-0.15, -0.1) is 0 Å². The van der Waals surface area contributed by atoms with Gasteiger partial charge in [-0.05, 0) is 80.2 Å². The molecule has 0 aromatic heterocycles. The van der Waals surface area contributed by atoms with Gasteiger partial charge < -0.3 is 4.74 Å². The first-order chi connectivity index (χ1) is 14.1. The standard InChI is InChI=1S/C26H31NO2/c1-3-4-5-6-20-8-10-21(11-9-20)22-12-14-23(15-13-22)26(28)29-25-16-7-19(2)17-24(25)18-27/h7-11,16-17,22-23H,3-6,12-15H2,1-2H3. The smallest absolute Gasteiger partial charge is 0.314 e. The zero-order valence-corrected chi connectivity index (χ0v) is 17.6. The van der Waals surface area contributed by atoms with Crippen molar-refractivity contribution in [2.24, 2.45) is 5.92 Å². The third kappa shape index (κ3) is 5.70. The van der Waals surface area contributed by atoms with Crippen molar-refractivity contribution >= 4 is 5.97 Å². The third-order valence-electron chi connectivity index (χ3n) is 6.05. The SMILES string of the molecule is CCCCCc1ccc(C2CCC(C(=O)Oc3ccc(C)cc3C#N)CC2)cc1. The van der Waals surface area contributed by atoms with E-state index in [0.717, 1.165) is 37.7 Å². The second-order valence-electron chi connectivity index (χ2n) is 8.28. The van der Waals surface area contributed by atoms with Crippen LogP contribution in [-0.2, 0) is 11.2 Å². The monoisotopic (exact) mass is 389 g/mol. The molecule has 2 aromatic carbocycles. The second kappa shape index (κ2) is 10.3. The Bertz CT molecular complexity index is 855. The van der Waals surface area contributed by atoms with E-state index in [-0.39, 0.29) is 11.9 Å². The maximum absolute atomic E-state index is 12.6. The van der Waals surface area contributed by atoms with Gasteiger partial charge in [0.2, 0.25) is 0 Å². The molecule has 3 heteroatoms. The number of unbranched alkanes of at least 4 members (excludes halogenated alkanes) is 2. The minimum Gasteiger partial charge on any atom is -0.425 e. The summed E-state index contributed by atoms with van der Waals surface area (Å²) in [5.74, 6) is 0.629. The van der Waals surface area contributed by atoms with Crippen molar-refractivity contribution in [3.8, 4) is 11.8 Å². The molecule has 1 fully saturated rings. The van der Waals surface area contributed by atoms with Gasteiger partial charge in [-0.3, -0.25) is 4.79 Å². The van der Waals surface area contributed by atoms with Gasteiger partial charge in [0.25, 0.3) is 0 Å². The number of carbonyl (C=O) groups excluding carboxylic acids is 1. The molecule has 0 atom stereocenters. The Morgan fingerprint density at radius 3 is 2.45 bits per heavy atom. The number of aryl methyl sites for hydroxylation is 2. The molecule has 3 nitrogen and oxygen atoms in total. The summed E-state index contributed by atoms with van der Waals surface area (Å²) in [6.07, 6.45) is 8.67. The van der Waals surface area contributed by atoms with Gasteiger partial charge >= 0.3 is 5.97 Å². The summed E-state index contributed by atoms with van der Waals surface area (Å²) in [6, 6.07) is 16.5. The van der Waals surface area contributed by atoms with Crippen LogP contribution in [0.1, 0.15) is 80.0 Å². The molecule has 1 saturated carbocycles. The van der Waals surface area contributed by atoms with E-state index < -0.39 is 0 Å². The lowest BCUT2D eigenvalue weighted by atomic mass is 9.78. The van der Waals surface area contributed by atoms with Crippen molar-refractivity contribution in [1.82, 2.24) is 0 Å². The van der Waals surface area contributed by atoms with Gasteiger partial charge in [-0.1, -0.05) is 50.1 Å². The molecule has 0 bridgehead atoms. The van der Waals surface area contributed by atoms with Gasteiger partial charge in [0, 0.05) is 0 Å². The van der Waals surface area contributed by atoms with Crippen LogP contribution >= 0.6 is 0 Å². The van der Waals surface area contributed by atoms with Gasteiger partial charge in [0.15, 0.2) is 0 Å². The van der Waals surface area contributed by atoms with Crippen LogP contribution in [0.4, 0.5) is 0 Å². The molecule has 1 aliphatic carbocycles. The fourth-order valence-corrected chi connectivity index (χ4v) is 4.21. The number of hydrogen-bond donors (Lipinski definition) is 0. The topological polar surface area (TPSA) is 50.1 Å². The van der Waals surface area contributed by atoms with E-state index >= 15 is 0 Å². The minimum absolute atomic E-state index is 0.0765. The Hall–Kier alpha value is -2.60. The van der Waals surface area contributed by atoms with Gasteiger partial charge in [-0.2, -0.15) is 5.26 Å². The van der Waals surface area contributed by atoms with Crippen LogP contribution < -0.4 is 4.74 Å². The van der Waals surface area contributed by atoms with Crippen molar-refractivity contribution in [1.29, 1.82) is 5.26 Å². The van der Waals surface area contributed by atoms with Gasteiger partial charge in [-0.25, -0.2) is 0 Å². The molecule has 0 heterocycles. The van der Waals surface area contributed by atoms with Gasteiger partial charge in [0.1, 0.15) is 11.8 Å². The first-order valence-electron chi connectivity index (χ1n) is 10.9. The molecule has 0 spiro atoms. The number of nitriles is 1. The predicted molar refractivity (Wildman–Crippen MR) is 116 cm³/mol. The highest BCUT2D eigenvalue weighted by atomic mass is 16.5. The Morgan fingerprint density at radius 1 is 1.07 bits per heavy atom. The van der Waals surface area contributed by atoms with Crippen LogP contribution in [0.15, 0.2) is 42.5 Å². The van der Waals surface area contributed by atoms with E-state index in [0.29, 0.717) is 17.2 Å². The molecule has 0 aliphatic heterocycles. The Balaban J connectivity index is 1.52. The minimum atomic E-state index is -0.199. The molecule has 152 valence electrons. The number of benzene rings is 2. The van der Waals surface area contributed by atoms with Crippen molar-refractivity contribution in [3.63, 3.8) is 0 Å². The van der Waals surface area contributed by atoms with Crippen LogP contribution in [0.5, 0.6) is 5.75 Å². The molecular formula is C26H31NO2. The lowest BCUT2D eigenvalue weighted by Gasteiger charge is -2.27. The summed E-state index contributed by atoms with van der Waals surface area (Å²) < 4.78 is 5.57. The Kier molecular flexibility index (Phi) is 7.47. The third-order valence-corrected chi connectivity index (χ3v) is 6.05. The highest BCUT2D eigenvalue weighted by molar-refractivity contribution is 5.76. The molecule has 29 heavy (non-hydrogen) atoms. The maximum Gasteiger partial charge on any atom is 0.314 e. The highest BCUT2D eigenvalue weighted by Crippen LogP contribution is 2.36. The summed E-state index contributed by atoms with van der Waals surface area (Å²) >= 11 is 0. The Labute approximate surface area is 174 Å². The molecule has 1 aliphatic rings. The number of nitrogens with zero attached hydrogens (tertiary/aromatic N) is 1. The Morgan fingerprint density at radius 2 is 1.79 bits per heavy atom. The largest absolute Gasteiger partial charge is 0.425 e. The summed E-state index contributed by atoms with van der Waals surface area (Å²) in [4.78, 5) is 12.6. The number of rotatable bonds is 7. The van der Waals surface area contributed by atoms with Crippen molar-refractivity contribution in [2.45, 2.75) is 71.1 Å². The molecule has 3 rings (SSSR count). The first-order valence-corrected chi connectivity index (χ1v) is 10.9. The van der Waals surface area contributed by atoms with Crippen LogP contribution in [0, 0.1) is 24.2 Å². The average Bonchev–Trinajstić information content (AvgIpc) is 2.75. The number of carbonyl (C=O) groups is 1. The fourth-order valence-electron chi connectivity index (χ4n) is 4.21. The molecule has 0 N–H and O–H groups in total. The lowest BCUT2D eigenvalue weighted by molar-refractivity contribution is -0.140. The van der Waals surface area contributed by atoms with Crippen LogP contribution in [0.25, 0.3) is 0 Å². The molecule has 0 saturated heterocycles. The van der Waals surface area contributed by atoms with E-state index in [2.05, 4.69) is 37.3 Å². The molecule has 0 unspecified atom stereocenters. The van der Waals surface area contributed by atoms with Crippen LogP contribution in [-0.4, -0.2) is 5.97 Å². The van der Waals surface area contributed by atoms with E-state index in [1.807, 2.05) is 13.0 Å². The summed E-state index contributed by atoms with van der Waals surface area (Å²) in [5.41, 5.74) is 4.22. The number of esters is 1. The molecular weight excluding hydrogens is 358 g/mol. The van der Waals surface area contributed by atoms with E-state index in [4.69, 9.17) is 4.74 Å². The quantitative estimate of drug-likeness (QED) is 0.309. The number of hydrogen-bond acceptors (Lipinski definition) is 3. The van der Waals surface area contributed by atoms with E-state index in [9.17, 15) is 10.1 Å². The zero-order chi connectivity index (χ0) is 20.6. The molecule has 2 aromatic rings. The van der Waals surface area contributed by atoms with Gasteiger partial charge in [0.05, 0.1) is 11.5 Å². The van der Waals surface area contributed by atoms with E-state index in [1.54, 1.807) is 12.1 Å². The van der Waals surface area contributed by atoms with Crippen molar-refractivity contribution in [2.75, 3.05) is 0 Å². The molecule has 0 amide bonds. The fraction of sp³-hybridized carbons (Fsp3) is 0.462. The van der Waals surface area contributed by atoms with Crippen molar-refractivity contribution < 1.29 is 9.53 Å². The summed E-state index contributed by atoms with van der Waals surface area (Å²) in [5, 5.41) is 9.27. The van der Waals surface area contributed by atoms with E-state index in [1.165, 1.54) is 30.4 Å². The number of ether oxygens (including phenoxy) is 1. The maximum atomic E-state index is 12.6. The summed E-state index contributed by atoms with van der Waals surface area (Å²) in [6.45, 7) is 4.16. The van der Waals surface area contributed by atoms with Crippen LogP contribution in [0.2, 0.25) is 0 Å².